The lowest BCUT2D eigenvalue weighted by molar-refractivity contribution is -0.157. The van der Waals surface area contributed by atoms with Crippen molar-refractivity contribution in [2.24, 2.45) is 0 Å². The predicted octanol–water partition coefficient (Wildman–Crippen LogP) is 2.40. The number of hydrogen-bond acceptors (Lipinski definition) is 4. The molecule has 0 heterocycles. The maximum atomic E-state index is 11.6. The summed E-state index contributed by atoms with van der Waals surface area (Å²) in [6.07, 6.45) is -1.49. The van der Waals surface area contributed by atoms with Crippen molar-refractivity contribution in [3.05, 3.63) is 77.9 Å². The number of benzene rings is 2. The van der Waals surface area contributed by atoms with Gasteiger partial charge >= 0.3 is 5.97 Å². The van der Waals surface area contributed by atoms with Gasteiger partial charge in [-0.25, -0.2) is 4.79 Å². The van der Waals surface area contributed by atoms with Crippen LogP contribution in [-0.2, 0) is 9.53 Å². The molecule has 2 rings (SSSR count). The van der Waals surface area contributed by atoms with Gasteiger partial charge < -0.3 is 14.9 Å². The summed E-state index contributed by atoms with van der Waals surface area (Å²) in [5.74, 6) is -0.836. The molecule has 2 aromatic carbocycles. The molecule has 0 aromatic heterocycles. The van der Waals surface area contributed by atoms with E-state index < -0.39 is 18.2 Å². The van der Waals surface area contributed by atoms with Gasteiger partial charge in [-0.2, -0.15) is 0 Å². The molecule has 0 saturated carbocycles. The highest BCUT2D eigenvalue weighted by Crippen LogP contribution is 2.24. The molecule has 2 atom stereocenters. The summed E-state index contributed by atoms with van der Waals surface area (Å²) < 4.78 is 4.74. The van der Waals surface area contributed by atoms with Crippen LogP contribution in [0, 0.1) is 0 Å². The Kier molecular flexibility index (Phi) is 6.09. The van der Waals surface area contributed by atoms with E-state index in [-0.39, 0.29) is 6.61 Å². The minimum absolute atomic E-state index is 0.149. The van der Waals surface area contributed by atoms with E-state index >= 15 is 0 Å². The Balaban J connectivity index is 2.36. The van der Waals surface area contributed by atoms with Crippen molar-refractivity contribution in [3.8, 4) is 0 Å². The van der Waals surface area contributed by atoms with Crippen molar-refractivity contribution >= 4 is 11.5 Å². The maximum absolute atomic E-state index is 11.6. The lowest BCUT2D eigenvalue weighted by Crippen LogP contribution is -2.34. The van der Waals surface area contributed by atoms with Crippen molar-refractivity contribution in [2.45, 2.75) is 19.1 Å². The van der Waals surface area contributed by atoms with Crippen LogP contribution in [0.1, 0.15) is 18.1 Å². The van der Waals surface area contributed by atoms with Gasteiger partial charge in [0.05, 0.1) is 6.61 Å². The van der Waals surface area contributed by atoms with E-state index in [1.807, 2.05) is 60.7 Å². The summed E-state index contributed by atoms with van der Waals surface area (Å²) in [6.45, 7) is 1.79. The minimum atomic E-state index is -1.61. The van der Waals surface area contributed by atoms with Crippen LogP contribution in [0.25, 0.3) is 5.57 Å². The summed E-state index contributed by atoms with van der Waals surface area (Å²) >= 11 is 0. The molecule has 0 aliphatic heterocycles. The first kappa shape index (κ1) is 16.9. The molecular weight excluding hydrogens is 292 g/mol. The third-order valence-corrected chi connectivity index (χ3v) is 3.36. The molecule has 0 saturated heterocycles. The van der Waals surface area contributed by atoms with Gasteiger partial charge in [-0.3, -0.25) is 0 Å². The summed E-state index contributed by atoms with van der Waals surface area (Å²) in [5.41, 5.74) is 2.50. The molecular formula is C19H20O4. The van der Waals surface area contributed by atoms with E-state index in [0.717, 1.165) is 16.7 Å². The molecule has 2 aromatic rings. The Hall–Kier alpha value is -2.43. The number of aliphatic hydroxyl groups is 2. The normalized spacial score (nSPS) is 13.0. The van der Waals surface area contributed by atoms with Gasteiger partial charge in [0.1, 0.15) is 6.10 Å². The van der Waals surface area contributed by atoms with Crippen molar-refractivity contribution in [1.82, 2.24) is 0 Å². The van der Waals surface area contributed by atoms with Gasteiger partial charge in [-0.15, -0.1) is 0 Å². The van der Waals surface area contributed by atoms with Crippen LogP contribution in [0.2, 0.25) is 0 Å². The van der Waals surface area contributed by atoms with Gasteiger partial charge in [-0.05, 0) is 29.7 Å². The summed E-state index contributed by atoms with van der Waals surface area (Å²) in [5, 5.41) is 20.1. The number of esters is 1. The Morgan fingerprint density at radius 1 is 1.00 bits per heavy atom. The van der Waals surface area contributed by atoms with Gasteiger partial charge in [0.25, 0.3) is 0 Å². The molecule has 0 spiro atoms. The van der Waals surface area contributed by atoms with Gasteiger partial charge in [-0.1, -0.05) is 60.7 Å². The third-order valence-electron chi connectivity index (χ3n) is 3.36. The Bertz CT molecular complexity index is 608. The van der Waals surface area contributed by atoms with E-state index in [9.17, 15) is 15.0 Å². The molecule has 0 unspecified atom stereocenters. The lowest BCUT2D eigenvalue weighted by atomic mass is 9.95. The maximum Gasteiger partial charge on any atom is 0.338 e. The molecule has 120 valence electrons. The fourth-order valence-corrected chi connectivity index (χ4v) is 2.22. The van der Waals surface area contributed by atoms with Gasteiger partial charge in [0.15, 0.2) is 6.10 Å². The number of carbonyl (C=O) groups excluding carboxylic acids is 1. The van der Waals surface area contributed by atoms with Crippen molar-refractivity contribution in [1.29, 1.82) is 0 Å². The van der Waals surface area contributed by atoms with Crippen LogP contribution in [0.5, 0.6) is 0 Å². The second-order valence-electron chi connectivity index (χ2n) is 5.00. The Morgan fingerprint density at radius 2 is 1.48 bits per heavy atom. The second kappa shape index (κ2) is 8.27. The fourth-order valence-electron chi connectivity index (χ4n) is 2.22. The number of aliphatic hydroxyl groups excluding tert-OH is 2. The molecule has 0 amide bonds. The molecule has 0 aliphatic rings. The van der Waals surface area contributed by atoms with Crippen molar-refractivity contribution < 1.29 is 19.7 Å². The molecule has 0 bridgehead atoms. The number of ether oxygens (including phenoxy) is 1. The van der Waals surface area contributed by atoms with Gasteiger partial charge in [0.2, 0.25) is 0 Å². The van der Waals surface area contributed by atoms with E-state index in [2.05, 4.69) is 0 Å². The summed E-state index contributed by atoms with van der Waals surface area (Å²) in [7, 11) is 0. The van der Waals surface area contributed by atoms with E-state index in [1.165, 1.54) is 6.08 Å². The minimum Gasteiger partial charge on any atom is -0.464 e. The number of hydrogen-bond donors (Lipinski definition) is 2. The zero-order valence-corrected chi connectivity index (χ0v) is 12.9. The first-order valence-corrected chi connectivity index (χ1v) is 7.49. The summed E-state index contributed by atoms with van der Waals surface area (Å²) in [4.78, 5) is 11.6. The molecule has 0 fully saturated rings. The van der Waals surface area contributed by atoms with E-state index in [4.69, 9.17) is 4.74 Å². The van der Waals surface area contributed by atoms with Gasteiger partial charge in [0, 0.05) is 0 Å². The smallest absolute Gasteiger partial charge is 0.338 e. The Morgan fingerprint density at radius 3 is 1.91 bits per heavy atom. The van der Waals surface area contributed by atoms with Crippen LogP contribution in [0.4, 0.5) is 0 Å². The first-order chi connectivity index (χ1) is 11.1. The SMILES string of the molecule is CCOC(=O)[C@H](O)[C@@H](O)C=C(c1ccccc1)c1ccccc1. The third kappa shape index (κ3) is 4.52. The van der Waals surface area contributed by atoms with Crippen LogP contribution < -0.4 is 0 Å². The van der Waals surface area contributed by atoms with Crippen LogP contribution >= 0.6 is 0 Å². The first-order valence-electron chi connectivity index (χ1n) is 7.49. The van der Waals surface area contributed by atoms with E-state index in [1.54, 1.807) is 6.92 Å². The van der Waals surface area contributed by atoms with Crippen molar-refractivity contribution in [2.75, 3.05) is 6.61 Å². The summed E-state index contributed by atoms with van der Waals surface area (Å²) in [6, 6.07) is 19.0. The van der Waals surface area contributed by atoms with Crippen LogP contribution in [0.3, 0.4) is 0 Å². The highest BCUT2D eigenvalue weighted by atomic mass is 16.5. The topological polar surface area (TPSA) is 66.8 Å². The second-order valence-corrected chi connectivity index (χ2v) is 5.00. The molecule has 4 heteroatoms. The quantitative estimate of drug-likeness (QED) is 0.804. The highest BCUT2D eigenvalue weighted by molar-refractivity contribution is 5.81. The number of carbonyl (C=O) groups is 1. The number of rotatable bonds is 6. The highest BCUT2D eigenvalue weighted by Gasteiger charge is 2.24. The zero-order chi connectivity index (χ0) is 16.7. The molecule has 0 aliphatic carbocycles. The average molecular weight is 312 g/mol. The lowest BCUT2D eigenvalue weighted by Gasteiger charge is -2.16. The average Bonchev–Trinajstić information content (AvgIpc) is 2.60. The molecule has 0 radical (unpaired) electrons. The Labute approximate surface area is 135 Å². The van der Waals surface area contributed by atoms with Crippen LogP contribution in [0.15, 0.2) is 66.7 Å². The molecule has 4 nitrogen and oxygen atoms in total. The monoisotopic (exact) mass is 312 g/mol. The van der Waals surface area contributed by atoms with Crippen molar-refractivity contribution in [3.63, 3.8) is 0 Å². The van der Waals surface area contributed by atoms with Crippen LogP contribution in [-0.4, -0.2) is 35.0 Å². The molecule has 23 heavy (non-hydrogen) atoms. The fraction of sp³-hybridized carbons (Fsp3) is 0.211. The van der Waals surface area contributed by atoms with E-state index in [0.29, 0.717) is 0 Å². The largest absolute Gasteiger partial charge is 0.464 e. The zero-order valence-electron chi connectivity index (χ0n) is 12.9. The predicted molar refractivity (Wildman–Crippen MR) is 88.6 cm³/mol. The standard InChI is InChI=1S/C19H20O4/c1-2-23-19(22)18(21)17(20)13-16(14-9-5-3-6-10-14)15-11-7-4-8-12-15/h3-13,17-18,20-21H,2H2,1H3/t17-,18+/m0/s1. The molecule has 2 N–H and O–H groups in total.